The highest BCUT2D eigenvalue weighted by molar-refractivity contribution is 5.73. The zero-order valence-corrected chi connectivity index (χ0v) is 11.0. The lowest BCUT2D eigenvalue weighted by molar-refractivity contribution is -0.148. The summed E-state index contributed by atoms with van der Waals surface area (Å²) in [5, 5.41) is 9.17. The van der Waals surface area contributed by atoms with Crippen LogP contribution in [0.15, 0.2) is 0 Å². The number of fused-ring (bicyclic) bond motifs is 1. The molecule has 4 heteroatoms. The van der Waals surface area contributed by atoms with Crippen LogP contribution in [0.5, 0.6) is 0 Å². The standard InChI is InChI=1S/C13H24N2O2/c1-13(2,12(16)17)10-14-7-8-15-6-4-3-5-11(15)9-14/h11H,3-10H2,1-2H3,(H,16,17). The Hall–Kier alpha value is -0.610. The van der Waals surface area contributed by atoms with Crippen LogP contribution in [0.25, 0.3) is 0 Å². The van der Waals surface area contributed by atoms with E-state index in [4.69, 9.17) is 5.11 Å². The van der Waals surface area contributed by atoms with Gasteiger partial charge >= 0.3 is 5.97 Å². The molecule has 1 unspecified atom stereocenters. The second kappa shape index (κ2) is 4.94. The van der Waals surface area contributed by atoms with Crippen molar-refractivity contribution in [3.63, 3.8) is 0 Å². The van der Waals surface area contributed by atoms with E-state index in [1.54, 1.807) is 0 Å². The number of carboxylic acids is 1. The van der Waals surface area contributed by atoms with E-state index in [1.165, 1.54) is 25.8 Å². The van der Waals surface area contributed by atoms with E-state index in [0.717, 1.165) is 19.6 Å². The summed E-state index contributed by atoms with van der Waals surface area (Å²) in [5.74, 6) is -0.691. The van der Waals surface area contributed by atoms with Crippen LogP contribution >= 0.6 is 0 Å². The molecule has 2 rings (SSSR count). The Kier molecular flexibility index (Phi) is 3.73. The molecule has 0 bridgehead atoms. The van der Waals surface area contributed by atoms with Crippen molar-refractivity contribution >= 4 is 5.97 Å². The van der Waals surface area contributed by atoms with Gasteiger partial charge in [-0.15, -0.1) is 0 Å². The van der Waals surface area contributed by atoms with Crippen molar-refractivity contribution in [1.29, 1.82) is 0 Å². The molecule has 2 aliphatic heterocycles. The summed E-state index contributed by atoms with van der Waals surface area (Å²) in [7, 11) is 0. The third kappa shape index (κ3) is 2.99. The predicted molar refractivity (Wildman–Crippen MR) is 67.1 cm³/mol. The van der Waals surface area contributed by atoms with E-state index in [9.17, 15) is 4.79 Å². The fourth-order valence-electron chi connectivity index (χ4n) is 2.99. The first kappa shape index (κ1) is 12.8. The van der Waals surface area contributed by atoms with Gasteiger partial charge in [0.15, 0.2) is 0 Å². The lowest BCUT2D eigenvalue weighted by atomic mass is 9.91. The SMILES string of the molecule is CC(C)(CN1CCN2CCCCC2C1)C(=O)O. The molecule has 0 radical (unpaired) electrons. The minimum absolute atomic E-state index is 0.628. The van der Waals surface area contributed by atoms with Gasteiger partial charge in [0.25, 0.3) is 0 Å². The van der Waals surface area contributed by atoms with Gasteiger partial charge in [-0.1, -0.05) is 6.42 Å². The van der Waals surface area contributed by atoms with Crippen molar-refractivity contribution in [2.75, 3.05) is 32.7 Å². The summed E-state index contributed by atoms with van der Waals surface area (Å²) in [5.41, 5.74) is -0.628. The molecule has 2 fully saturated rings. The van der Waals surface area contributed by atoms with Crippen molar-refractivity contribution in [1.82, 2.24) is 9.80 Å². The van der Waals surface area contributed by atoms with E-state index < -0.39 is 11.4 Å². The zero-order valence-electron chi connectivity index (χ0n) is 11.0. The lowest BCUT2D eigenvalue weighted by Crippen LogP contribution is -2.56. The first-order valence-electron chi connectivity index (χ1n) is 6.69. The molecule has 0 aliphatic carbocycles. The zero-order chi connectivity index (χ0) is 12.5. The van der Waals surface area contributed by atoms with Gasteiger partial charge in [-0.25, -0.2) is 0 Å². The molecular formula is C13H24N2O2. The highest BCUT2D eigenvalue weighted by Gasteiger charge is 2.34. The molecule has 2 aliphatic rings. The van der Waals surface area contributed by atoms with Crippen molar-refractivity contribution in [2.45, 2.75) is 39.2 Å². The van der Waals surface area contributed by atoms with Crippen LogP contribution in [0.4, 0.5) is 0 Å². The third-order valence-corrected chi connectivity index (χ3v) is 4.12. The van der Waals surface area contributed by atoms with Crippen LogP contribution in [0, 0.1) is 5.41 Å². The van der Waals surface area contributed by atoms with Gasteiger partial charge in [-0.05, 0) is 33.2 Å². The number of aliphatic carboxylic acids is 1. The molecule has 2 saturated heterocycles. The molecular weight excluding hydrogens is 216 g/mol. The van der Waals surface area contributed by atoms with E-state index in [-0.39, 0.29) is 0 Å². The number of piperazine rings is 1. The molecule has 1 N–H and O–H groups in total. The van der Waals surface area contributed by atoms with Crippen LogP contribution < -0.4 is 0 Å². The highest BCUT2D eigenvalue weighted by atomic mass is 16.4. The maximum absolute atomic E-state index is 11.1. The van der Waals surface area contributed by atoms with Crippen LogP contribution in [-0.2, 0) is 4.79 Å². The summed E-state index contributed by atoms with van der Waals surface area (Å²) in [6, 6.07) is 0.669. The number of nitrogens with zero attached hydrogens (tertiary/aromatic N) is 2. The molecule has 1 atom stereocenters. The van der Waals surface area contributed by atoms with Gasteiger partial charge < -0.3 is 5.11 Å². The molecule has 0 spiro atoms. The van der Waals surface area contributed by atoms with E-state index in [1.807, 2.05) is 13.8 Å². The molecule has 98 valence electrons. The first-order chi connectivity index (χ1) is 7.99. The van der Waals surface area contributed by atoms with Crippen molar-refractivity contribution in [3.05, 3.63) is 0 Å². The second-order valence-electron chi connectivity index (χ2n) is 6.11. The first-order valence-corrected chi connectivity index (χ1v) is 6.69. The number of piperidine rings is 1. The molecule has 0 amide bonds. The number of carboxylic acid groups (broad SMARTS) is 1. The molecule has 0 aromatic rings. The molecule has 0 aromatic carbocycles. The van der Waals surface area contributed by atoms with Crippen LogP contribution in [0.1, 0.15) is 33.1 Å². The largest absolute Gasteiger partial charge is 0.481 e. The van der Waals surface area contributed by atoms with Crippen molar-refractivity contribution in [2.24, 2.45) is 5.41 Å². The second-order valence-corrected chi connectivity index (χ2v) is 6.11. The summed E-state index contributed by atoms with van der Waals surface area (Å²) >= 11 is 0. The maximum atomic E-state index is 11.1. The van der Waals surface area contributed by atoms with Crippen LogP contribution in [0.2, 0.25) is 0 Å². The number of rotatable bonds is 3. The molecule has 2 heterocycles. The molecule has 0 aromatic heterocycles. The lowest BCUT2D eigenvalue weighted by Gasteiger charge is -2.45. The number of hydrogen-bond donors (Lipinski definition) is 1. The smallest absolute Gasteiger partial charge is 0.310 e. The predicted octanol–water partition coefficient (Wildman–Crippen LogP) is 1.27. The van der Waals surface area contributed by atoms with E-state index >= 15 is 0 Å². The summed E-state index contributed by atoms with van der Waals surface area (Å²) in [6.07, 6.45) is 3.94. The number of carbonyl (C=O) groups is 1. The fourth-order valence-corrected chi connectivity index (χ4v) is 2.99. The van der Waals surface area contributed by atoms with Gasteiger partial charge in [0.1, 0.15) is 0 Å². The average molecular weight is 240 g/mol. The molecule has 0 saturated carbocycles. The molecule has 17 heavy (non-hydrogen) atoms. The van der Waals surface area contributed by atoms with Gasteiger partial charge in [-0.3, -0.25) is 14.6 Å². The maximum Gasteiger partial charge on any atom is 0.310 e. The summed E-state index contributed by atoms with van der Waals surface area (Å²) in [4.78, 5) is 16.1. The van der Waals surface area contributed by atoms with Crippen LogP contribution in [0.3, 0.4) is 0 Å². The number of hydrogen-bond acceptors (Lipinski definition) is 3. The topological polar surface area (TPSA) is 43.8 Å². The Morgan fingerprint density at radius 2 is 2.06 bits per heavy atom. The van der Waals surface area contributed by atoms with Gasteiger partial charge in [0.05, 0.1) is 5.41 Å². The average Bonchev–Trinajstić information content (AvgIpc) is 2.28. The summed E-state index contributed by atoms with van der Waals surface area (Å²) < 4.78 is 0. The Morgan fingerprint density at radius 3 is 2.76 bits per heavy atom. The van der Waals surface area contributed by atoms with Crippen molar-refractivity contribution < 1.29 is 9.90 Å². The third-order valence-electron chi connectivity index (χ3n) is 4.12. The monoisotopic (exact) mass is 240 g/mol. The van der Waals surface area contributed by atoms with Crippen LogP contribution in [-0.4, -0.2) is 59.6 Å². The van der Waals surface area contributed by atoms with Gasteiger partial charge in [-0.2, -0.15) is 0 Å². The summed E-state index contributed by atoms with van der Waals surface area (Å²) in [6.45, 7) is 8.74. The Morgan fingerprint density at radius 1 is 1.29 bits per heavy atom. The molecule has 4 nitrogen and oxygen atoms in total. The van der Waals surface area contributed by atoms with Gasteiger partial charge in [0.2, 0.25) is 0 Å². The Balaban J connectivity index is 1.89. The minimum atomic E-state index is -0.691. The van der Waals surface area contributed by atoms with E-state index in [0.29, 0.717) is 12.6 Å². The Bertz CT molecular complexity index is 291. The van der Waals surface area contributed by atoms with E-state index in [2.05, 4.69) is 9.80 Å². The van der Waals surface area contributed by atoms with Gasteiger partial charge in [0, 0.05) is 32.2 Å². The highest BCUT2D eigenvalue weighted by Crippen LogP contribution is 2.24. The Labute approximate surface area is 104 Å². The van der Waals surface area contributed by atoms with Crippen molar-refractivity contribution in [3.8, 4) is 0 Å². The minimum Gasteiger partial charge on any atom is -0.481 e. The fraction of sp³-hybridized carbons (Fsp3) is 0.923. The quantitative estimate of drug-likeness (QED) is 0.807. The normalized spacial score (nSPS) is 27.8.